The van der Waals surface area contributed by atoms with Crippen LogP contribution in [0.1, 0.15) is 54.3 Å². The van der Waals surface area contributed by atoms with Crippen molar-refractivity contribution in [3.8, 4) is 0 Å². The first-order valence-electron chi connectivity index (χ1n) is 10.9. The Hall–Kier alpha value is -2.86. The lowest BCUT2D eigenvalue weighted by Crippen LogP contribution is -2.47. The molecular weight excluding hydrogens is 408 g/mol. The number of nitrogens with zero attached hydrogens (tertiary/aromatic N) is 1. The standard InChI is InChI=1S/C25H28N2O3S/c1-18-11-13-20(14-12-18)27(23(28)17-21-9-6-16-31-21)24(22-10-5-15-30-22)25(29)26-19-7-3-2-4-8-19/h5-6,9-16,19,24H,2-4,7-8,17H2,1H3,(H,26,29)/t24-/m0/s1. The van der Waals surface area contributed by atoms with Crippen molar-refractivity contribution >= 4 is 28.8 Å². The molecule has 3 aromatic rings. The van der Waals surface area contributed by atoms with E-state index in [1.165, 1.54) is 6.42 Å². The predicted octanol–water partition coefficient (Wildman–Crippen LogP) is 5.42. The highest BCUT2D eigenvalue weighted by molar-refractivity contribution is 7.10. The number of furan rings is 1. The number of aryl methyl sites for hydroxylation is 1. The topological polar surface area (TPSA) is 62.6 Å². The van der Waals surface area contributed by atoms with Crippen molar-refractivity contribution in [3.63, 3.8) is 0 Å². The van der Waals surface area contributed by atoms with Crippen LogP contribution < -0.4 is 10.2 Å². The number of thiophene rings is 1. The lowest BCUT2D eigenvalue weighted by atomic mass is 9.95. The summed E-state index contributed by atoms with van der Waals surface area (Å²) in [7, 11) is 0. The maximum absolute atomic E-state index is 13.5. The number of carbonyl (C=O) groups excluding carboxylic acids is 2. The first kappa shape index (κ1) is 21.4. The third-order valence-corrected chi connectivity index (χ3v) is 6.63. The van der Waals surface area contributed by atoms with Crippen LogP contribution in [0.5, 0.6) is 0 Å². The third-order valence-electron chi connectivity index (χ3n) is 5.76. The van der Waals surface area contributed by atoms with E-state index in [1.807, 2.05) is 48.7 Å². The normalized spacial score (nSPS) is 15.4. The van der Waals surface area contributed by atoms with E-state index in [4.69, 9.17) is 4.42 Å². The van der Waals surface area contributed by atoms with Crippen molar-refractivity contribution in [3.05, 3.63) is 76.4 Å². The van der Waals surface area contributed by atoms with Gasteiger partial charge in [-0.15, -0.1) is 11.3 Å². The van der Waals surface area contributed by atoms with Gasteiger partial charge in [0.05, 0.1) is 12.7 Å². The Bertz CT molecular complexity index is 974. The van der Waals surface area contributed by atoms with E-state index in [0.717, 1.165) is 36.1 Å². The van der Waals surface area contributed by atoms with Gasteiger partial charge in [0.25, 0.3) is 5.91 Å². The fourth-order valence-electron chi connectivity index (χ4n) is 4.14. The zero-order valence-corrected chi connectivity index (χ0v) is 18.6. The summed E-state index contributed by atoms with van der Waals surface area (Å²) >= 11 is 1.54. The minimum absolute atomic E-state index is 0.133. The molecule has 1 aliphatic carbocycles. The van der Waals surface area contributed by atoms with Crippen LogP contribution >= 0.6 is 11.3 Å². The van der Waals surface area contributed by atoms with E-state index in [0.29, 0.717) is 11.4 Å². The first-order chi connectivity index (χ1) is 15.1. The van der Waals surface area contributed by atoms with Gasteiger partial charge in [-0.3, -0.25) is 14.5 Å². The van der Waals surface area contributed by atoms with E-state index in [9.17, 15) is 9.59 Å². The van der Waals surface area contributed by atoms with Crippen LogP contribution in [0.4, 0.5) is 5.69 Å². The Labute approximate surface area is 187 Å². The van der Waals surface area contributed by atoms with Gasteiger partial charge in [0.1, 0.15) is 5.76 Å². The molecule has 0 aliphatic heterocycles. The van der Waals surface area contributed by atoms with Crippen LogP contribution in [-0.4, -0.2) is 17.9 Å². The molecule has 1 fully saturated rings. The van der Waals surface area contributed by atoms with E-state index >= 15 is 0 Å². The molecule has 2 heterocycles. The highest BCUT2D eigenvalue weighted by Gasteiger charge is 2.36. The van der Waals surface area contributed by atoms with Crippen LogP contribution in [0.25, 0.3) is 0 Å². The van der Waals surface area contributed by atoms with Crippen LogP contribution in [0.15, 0.2) is 64.6 Å². The van der Waals surface area contributed by atoms with E-state index in [2.05, 4.69) is 5.32 Å². The molecule has 1 saturated carbocycles. The summed E-state index contributed by atoms with van der Waals surface area (Å²) in [5, 5.41) is 5.15. The van der Waals surface area contributed by atoms with Crippen molar-refractivity contribution in [2.45, 2.75) is 57.5 Å². The largest absolute Gasteiger partial charge is 0.467 e. The van der Waals surface area contributed by atoms with Crippen molar-refractivity contribution < 1.29 is 14.0 Å². The number of amides is 2. The van der Waals surface area contributed by atoms with E-state index in [1.54, 1.807) is 34.6 Å². The van der Waals surface area contributed by atoms with Crippen LogP contribution in [0.3, 0.4) is 0 Å². The molecule has 0 spiro atoms. The summed E-state index contributed by atoms with van der Waals surface area (Å²) in [5.74, 6) is 0.141. The third kappa shape index (κ3) is 5.25. The van der Waals surface area contributed by atoms with Gasteiger partial charge in [-0.05, 0) is 55.5 Å². The van der Waals surface area contributed by atoms with E-state index in [-0.39, 0.29) is 24.3 Å². The molecule has 0 radical (unpaired) electrons. The average Bonchev–Trinajstić information content (AvgIpc) is 3.48. The molecule has 0 unspecified atom stereocenters. The summed E-state index contributed by atoms with van der Waals surface area (Å²) in [6, 6.07) is 14.4. The molecule has 6 heteroatoms. The maximum Gasteiger partial charge on any atom is 0.251 e. The lowest BCUT2D eigenvalue weighted by Gasteiger charge is -2.32. The smallest absolute Gasteiger partial charge is 0.251 e. The Morgan fingerprint density at radius 3 is 2.52 bits per heavy atom. The molecule has 1 aliphatic rings. The zero-order chi connectivity index (χ0) is 21.6. The predicted molar refractivity (Wildman–Crippen MR) is 123 cm³/mol. The number of nitrogens with one attached hydrogen (secondary N) is 1. The first-order valence-corrected chi connectivity index (χ1v) is 11.7. The monoisotopic (exact) mass is 436 g/mol. The molecule has 2 amide bonds. The Kier molecular flexibility index (Phi) is 6.87. The van der Waals surface area contributed by atoms with E-state index < -0.39 is 6.04 Å². The Balaban J connectivity index is 1.69. The number of carbonyl (C=O) groups is 2. The molecule has 2 aromatic heterocycles. The van der Waals surface area contributed by atoms with Gasteiger partial charge in [0, 0.05) is 16.6 Å². The average molecular weight is 437 g/mol. The SMILES string of the molecule is Cc1ccc(N(C(=O)Cc2cccs2)[C@H](C(=O)NC2CCCCC2)c2ccco2)cc1. The minimum atomic E-state index is -0.855. The maximum atomic E-state index is 13.5. The summed E-state index contributed by atoms with van der Waals surface area (Å²) in [6.45, 7) is 2.00. The number of hydrogen-bond acceptors (Lipinski definition) is 4. The summed E-state index contributed by atoms with van der Waals surface area (Å²) in [5.41, 5.74) is 1.78. The van der Waals surface area contributed by atoms with Crippen LogP contribution in [0, 0.1) is 6.92 Å². The number of anilines is 1. The summed E-state index contributed by atoms with van der Waals surface area (Å²) in [4.78, 5) is 29.6. The second-order valence-electron chi connectivity index (χ2n) is 8.12. The number of benzene rings is 1. The lowest BCUT2D eigenvalue weighted by molar-refractivity contribution is -0.127. The second-order valence-corrected chi connectivity index (χ2v) is 9.15. The molecule has 0 bridgehead atoms. The fraction of sp³-hybridized carbons (Fsp3) is 0.360. The van der Waals surface area contributed by atoms with Crippen LogP contribution in [0.2, 0.25) is 0 Å². The molecule has 1 N–H and O–H groups in total. The van der Waals surface area contributed by atoms with Gasteiger partial charge < -0.3 is 9.73 Å². The Morgan fingerprint density at radius 2 is 1.87 bits per heavy atom. The summed E-state index contributed by atoms with van der Waals surface area (Å²) in [6.07, 6.45) is 7.19. The van der Waals surface area contributed by atoms with Gasteiger partial charge >= 0.3 is 0 Å². The van der Waals surface area contributed by atoms with Gasteiger partial charge in [-0.2, -0.15) is 0 Å². The molecule has 1 atom stereocenters. The molecule has 5 nitrogen and oxygen atoms in total. The quantitative estimate of drug-likeness (QED) is 0.538. The van der Waals surface area contributed by atoms with Crippen molar-refractivity contribution in [1.29, 1.82) is 0 Å². The molecule has 162 valence electrons. The van der Waals surface area contributed by atoms with Crippen molar-refractivity contribution in [1.82, 2.24) is 5.32 Å². The fourth-order valence-corrected chi connectivity index (χ4v) is 4.83. The summed E-state index contributed by atoms with van der Waals surface area (Å²) < 4.78 is 5.67. The van der Waals surface area contributed by atoms with Gasteiger partial charge in [0.2, 0.25) is 5.91 Å². The molecule has 31 heavy (non-hydrogen) atoms. The van der Waals surface area contributed by atoms with Gasteiger partial charge in [-0.1, -0.05) is 43.0 Å². The molecule has 4 rings (SSSR count). The second kappa shape index (κ2) is 9.96. The molecular formula is C25H28N2O3S. The minimum Gasteiger partial charge on any atom is -0.467 e. The number of rotatable bonds is 7. The van der Waals surface area contributed by atoms with Crippen molar-refractivity contribution in [2.24, 2.45) is 0 Å². The van der Waals surface area contributed by atoms with Crippen LogP contribution in [-0.2, 0) is 16.0 Å². The van der Waals surface area contributed by atoms with Gasteiger partial charge in [0.15, 0.2) is 6.04 Å². The molecule has 1 aromatic carbocycles. The highest BCUT2D eigenvalue weighted by atomic mass is 32.1. The van der Waals surface area contributed by atoms with Gasteiger partial charge in [-0.25, -0.2) is 0 Å². The zero-order valence-electron chi connectivity index (χ0n) is 17.8. The highest BCUT2D eigenvalue weighted by Crippen LogP contribution is 2.30. The van der Waals surface area contributed by atoms with Crippen molar-refractivity contribution in [2.75, 3.05) is 4.90 Å². The Morgan fingerprint density at radius 1 is 1.10 bits per heavy atom. The number of hydrogen-bond donors (Lipinski definition) is 1. The molecule has 0 saturated heterocycles.